The third kappa shape index (κ3) is 3.91. The summed E-state index contributed by atoms with van der Waals surface area (Å²) in [5.41, 5.74) is 4.42. The molecule has 124 valence electrons. The number of hydrogen-bond donors (Lipinski definition) is 2. The third-order valence-corrected chi connectivity index (χ3v) is 4.28. The minimum absolute atomic E-state index is 0.168. The van der Waals surface area contributed by atoms with Gasteiger partial charge in [0, 0.05) is 30.7 Å². The molecule has 0 spiro atoms. The van der Waals surface area contributed by atoms with E-state index < -0.39 is 6.10 Å². The standard InChI is InChI=1S/C20H23N3O/c1-15-3-5-18(6-4-15)20(24)13-22-16(2)17-7-9-19(10-8-17)23-12-11-21-14-23/h3-12,14,16,20,22,24H,13H2,1-2H3. The molecule has 0 saturated heterocycles. The van der Waals surface area contributed by atoms with Gasteiger partial charge in [0.1, 0.15) is 0 Å². The van der Waals surface area contributed by atoms with Crippen LogP contribution >= 0.6 is 0 Å². The first-order valence-electron chi connectivity index (χ1n) is 8.20. The van der Waals surface area contributed by atoms with Crippen molar-refractivity contribution < 1.29 is 5.11 Å². The molecule has 0 radical (unpaired) electrons. The number of nitrogens with zero attached hydrogens (tertiary/aromatic N) is 2. The lowest BCUT2D eigenvalue weighted by molar-refractivity contribution is 0.171. The molecule has 24 heavy (non-hydrogen) atoms. The number of rotatable bonds is 6. The largest absolute Gasteiger partial charge is 0.387 e. The van der Waals surface area contributed by atoms with Gasteiger partial charge >= 0.3 is 0 Å². The van der Waals surface area contributed by atoms with Crippen molar-refractivity contribution in [2.24, 2.45) is 0 Å². The van der Waals surface area contributed by atoms with Crippen LogP contribution < -0.4 is 5.32 Å². The molecule has 1 aromatic heterocycles. The van der Waals surface area contributed by atoms with Gasteiger partial charge in [-0.25, -0.2) is 4.98 Å². The van der Waals surface area contributed by atoms with Gasteiger partial charge < -0.3 is 15.0 Å². The average molecular weight is 321 g/mol. The molecule has 0 bridgehead atoms. The van der Waals surface area contributed by atoms with Gasteiger partial charge in [-0.15, -0.1) is 0 Å². The number of hydrogen-bond acceptors (Lipinski definition) is 3. The molecule has 2 atom stereocenters. The van der Waals surface area contributed by atoms with Gasteiger partial charge in [0.05, 0.1) is 12.4 Å². The molecule has 4 heteroatoms. The van der Waals surface area contributed by atoms with E-state index in [1.54, 1.807) is 12.5 Å². The Hall–Kier alpha value is -2.43. The van der Waals surface area contributed by atoms with Crippen LogP contribution in [0.5, 0.6) is 0 Å². The minimum Gasteiger partial charge on any atom is -0.387 e. The minimum atomic E-state index is -0.502. The molecular formula is C20H23N3O. The summed E-state index contributed by atoms with van der Waals surface area (Å²) in [5.74, 6) is 0. The molecule has 2 unspecified atom stereocenters. The van der Waals surface area contributed by atoms with Crippen LogP contribution in [0.4, 0.5) is 0 Å². The fourth-order valence-corrected chi connectivity index (χ4v) is 2.66. The Morgan fingerprint density at radius 1 is 1.04 bits per heavy atom. The number of aliphatic hydroxyl groups excluding tert-OH is 1. The topological polar surface area (TPSA) is 50.1 Å². The van der Waals surface area contributed by atoms with E-state index in [0.29, 0.717) is 6.54 Å². The van der Waals surface area contributed by atoms with E-state index in [2.05, 4.69) is 41.5 Å². The van der Waals surface area contributed by atoms with E-state index in [0.717, 1.165) is 11.3 Å². The molecule has 0 amide bonds. The van der Waals surface area contributed by atoms with Gasteiger partial charge in [-0.1, -0.05) is 42.0 Å². The van der Waals surface area contributed by atoms with Crippen LogP contribution in [-0.2, 0) is 0 Å². The molecule has 3 rings (SSSR count). The van der Waals surface area contributed by atoms with Gasteiger partial charge in [-0.05, 0) is 37.1 Å². The van der Waals surface area contributed by atoms with Crippen LogP contribution in [0.3, 0.4) is 0 Å². The van der Waals surface area contributed by atoms with Gasteiger partial charge in [-0.3, -0.25) is 0 Å². The van der Waals surface area contributed by atoms with Crippen molar-refractivity contribution in [3.8, 4) is 5.69 Å². The maximum Gasteiger partial charge on any atom is 0.0991 e. The Morgan fingerprint density at radius 2 is 1.71 bits per heavy atom. The highest BCUT2D eigenvalue weighted by Gasteiger charge is 2.10. The SMILES string of the molecule is Cc1ccc(C(O)CNC(C)c2ccc(-n3ccnc3)cc2)cc1. The lowest BCUT2D eigenvalue weighted by atomic mass is 10.1. The molecule has 0 aliphatic carbocycles. The average Bonchev–Trinajstić information content (AvgIpc) is 3.15. The Balaban J connectivity index is 1.58. The molecule has 1 heterocycles. The van der Waals surface area contributed by atoms with Crippen LogP contribution in [0.15, 0.2) is 67.3 Å². The molecule has 4 nitrogen and oxygen atoms in total. The second-order valence-electron chi connectivity index (χ2n) is 6.12. The molecule has 0 aliphatic rings. The van der Waals surface area contributed by atoms with Gasteiger partial charge in [0.25, 0.3) is 0 Å². The fraction of sp³-hybridized carbons (Fsp3) is 0.250. The quantitative estimate of drug-likeness (QED) is 0.730. The number of aromatic nitrogens is 2. The predicted octanol–water partition coefficient (Wildman–Crippen LogP) is 3.56. The van der Waals surface area contributed by atoms with Crippen LogP contribution in [-0.4, -0.2) is 21.2 Å². The Morgan fingerprint density at radius 3 is 2.33 bits per heavy atom. The summed E-state index contributed by atoms with van der Waals surface area (Å²) in [5, 5.41) is 13.7. The highest BCUT2D eigenvalue weighted by molar-refractivity contribution is 5.35. The molecule has 2 aromatic carbocycles. The number of aryl methyl sites for hydroxylation is 1. The van der Waals surface area contributed by atoms with E-state index >= 15 is 0 Å². The van der Waals surface area contributed by atoms with Gasteiger partial charge in [-0.2, -0.15) is 0 Å². The fourth-order valence-electron chi connectivity index (χ4n) is 2.66. The normalized spacial score (nSPS) is 13.6. The Bertz CT molecular complexity index is 749. The lowest BCUT2D eigenvalue weighted by Crippen LogP contribution is -2.24. The maximum absolute atomic E-state index is 10.3. The van der Waals surface area contributed by atoms with Crippen molar-refractivity contribution in [1.82, 2.24) is 14.9 Å². The summed E-state index contributed by atoms with van der Waals surface area (Å²) < 4.78 is 1.98. The molecule has 0 fully saturated rings. The monoisotopic (exact) mass is 321 g/mol. The van der Waals surface area contributed by atoms with E-state index in [-0.39, 0.29) is 6.04 Å². The number of benzene rings is 2. The van der Waals surface area contributed by atoms with E-state index in [9.17, 15) is 5.11 Å². The third-order valence-electron chi connectivity index (χ3n) is 4.28. The second kappa shape index (κ2) is 7.43. The van der Waals surface area contributed by atoms with Crippen LogP contribution in [0.1, 0.15) is 35.8 Å². The van der Waals surface area contributed by atoms with Crippen LogP contribution in [0.2, 0.25) is 0 Å². The zero-order chi connectivity index (χ0) is 16.9. The summed E-state index contributed by atoms with van der Waals surface area (Å²) in [4.78, 5) is 4.06. The second-order valence-corrected chi connectivity index (χ2v) is 6.12. The Labute approximate surface area is 142 Å². The number of imidazole rings is 1. The zero-order valence-electron chi connectivity index (χ0n) is 14.1. The summed E-state index contributed by atoms with van der Waals surface area (Å²) in [7, 11) is 0. The molecule has 0 aliphatic heterocycles. The number of aliphatic hydroxyl groups is 1. The summed E-state index contributed by atoms with van der Waals surface area (Å²) >= 11 is 0. The highest BCUT2D eigenvalue weighted by Crippen LogP contribution is 2.18. The summed E-state index contributed by atoms with van der Waals surface area (Å²) in [6.07, 6.45) is 4.98. The number of nitrogens with one attached hydrogen (secondary N) is 1. The first kappa shape index (κ1) is 16.4. The van der Waals surface area contributed by atoms with Crippen molar-refractivity contribution in [2.75, 3.05) is 6.54 Å². The molecular weight excluding hydrogens is 298 g/mol. The lowest BCUT2D eigenvalue weighted by Gasteiger charge is -2.18. The van der Waals surface area contributed by atoms with Gasteiger partial charge in [0.2, 0.25) is 0 Å². The molecule has 2 N–H and O–H groups in total. The van der Waals surface area contributed by atoms with Crippen molar-refractivity contribution in [3.05, 3.63) is 83.9 Å². The first-order valence-corrected chi connectivity index (χ1v) is 8.20. The van der Waals surface area contributed by atoms with Crippen molar-refractivity contribution in [1.29, 1.82) is 0 Å². The van der Waals surface area contributed by atoms with Crippen molar-refractivity contribution in [2.45, 2.75) is 26.0 Å². The van der Waals surface area contributed by atoms with Gasteiger partial charge in [0.15, 0.2) is 0 Å². The van der Waals surface area contributed by atoms with E-state index in [4.69, 9.17) is 0 Å². The van der Waals surface area contributed by atoms with Crippen LogP contribution in [0.25, 0.3) is 5.69 Å². The smallest absolute Gasteiger partial charge is 0.0991 e. The zero-order valence-corrected chi connectivity index (χ0v) is 14.1. The first-order chi connectivity index (χ1) is 11.6. The molecule has 0 saturated carbocycles. The highest BCUT2D eigenvalue weighted by atomic mass is 16.3. The maximum atomic E-state index is 10.3. The summed E-state index contributed by atoms with van der Waals surface area (Å²) in [6, 6.07) is 16.5. The van der Waals surface area contributed by atoms with Crippen molar-refractivity contribution in [3.63, 3.8) is 0 Å². The van der Waals surface area contributed by atoms with E-state index in [1.165, 1.54) is 11.1 Å². The summed E-state index contributed by atoms with van der Waals surface area (Å²) in [6.45, 7) is 4.67. The van der Waals surface area contributed by atoms with Crippen LogP contribution in [0, 0.1) is 6.92 Å². The van der Waals surface area contributed by atoms with Crippen molar-refractivity contribution >= 4 is 0 Å². The van der Waals surface area contributed by atoms with E-state index in [1.807, 2.05) is 42.0 Å². The Kier molecular flexibility index (Phi) is 5.08. The molecule has 3 aromatic rings. The predicted molar refractivity (Wildman–Crippen MR) is 96.1 cm³/mol.